The van der Waals surface area contributed by atoms with E-state index in [1.54, 1.807) is 5.57 Å². The lowest BCUT2D eigenvalue weighted by Gasteiger charge is -2.58. The van der Waals surface area contributed by atoms with Crippen molar-refractivity contribution in [2.45, 2.75) is 111 Å². The third kappa shape index (κ3) is 6.67. The van der Waals surface area contributed by atoms with Gasteiger partial charge in [-0.05, 0) is 97.7 Å². The SMILES string of the molecule is CC(C)CCC[C@@H](C)[C@H]1CC[C@H]2[C@@H]3CC=C4C[C@@H](OCCOCCOCCO)CC[C@]4(C)[C@H]3CC[C@]12C. The van der Waals surface area contributed by atoms with Crippen LogP contribution in [0.3, 0.4) is 0 Å². The van der Waals surface area contributed by atoms with E-state index in [2.05, 4.69) is 40.7 Å². The zero-order valence-corrected chi connectivity index (χ0v) is 24.8. The van der Waals surface area contributed by atoms with E-state index in [0.717, 1.165) is 41.9 Å². The largest absolute Gasteiger partial charge is 0.394 e. The number of hydrogen-bond acceptors (Lipinski definition) is 4. The Balaban J connectivity index is 1.29. The fraction of sp³-hybridized carbons (Fsp3) is 0.939. The van der Waals surface area contributed by atoms with Crippen LogP contribution in [0.1, 0.15) is 105 Å². The van der Waals surface area contributed by atoms with Crippen LogP contribution < -0.4 is 0 Å². The summed E-state index contributed by atoms with van der Waals surface area (Å²) in [5.41, 5.74) is 2.68. The molecule has 0 saturated heterocycles. The predicted molar refractivity (Wildman–Crippen MR) is 152 cm³/mol. The molecule has 0 unspecified atom stereocenters. The molecule has 0 aliphatic heterocycles. The van der Waals surface area contributed by atoms with E-state index in [1.165, 1.54) is 64.2 Å². The lowest BCUT2D eigenvalue weighted by molar-refractivity contribution is -0.0690. The predicted octanol–water partition coefficient (Wildman–Crippen LogP) is 7.44. The second-order valence-electron chi connectivity index (χ2n) is 14.0. The summed E-state index contributed by atoms with van der Waals surface area (Å²) in [7, 11) is 0. The Morgan fingerprint density at radius 1 is 0.892 bits per heavy atom. The zero-order valence-electron chi connectivity index (χ0n) is 24.8. The molecule has 37 heavy (non-hydrogen) atoms. The van der Waals surface area contributed by atoms with Crippen LogP contribution in [0.15, 0.2) is 11.6 Å². The molecule has 0 radical (unpaired) electrons. The highest BCUT2D eigenvalue weighted by atomic mass is 16.5. The molecule has 4 rings (SSSR count). The van der Waals surface area contributed by atoms with Gasteiger partial charge in [-0.1, -0.05) is 65.5 Å². The van der Waals surface area contributed by atoms with E-state index in [-0.39, 0.29) is 6.61 Å². The third-order valence-electron chi connectivity index (χ3n) is 11.4. The topological polar surface area (TPSA) is 47.9 Å². The maximum atomic E-state index is 8.75. The highest BCUT2D eigenvalue weighted by molar-refractivity contribution is 5.25. The van der Waals surface area contributed by atoms with Gasteiger partial charge in [-0.2, -0.15) is 0 Å². The standard InChI is InChI=1S/C33H58O4/c1-24(2)7-6-8-25(3)29-11-12-30-28-10-9-26-23-27(37-22-21-36-20-19-35-18-17-34)13-15-32(26,4)31(28)14-16-33(29,30)5/h9,24-25,27-31,34H,6-8,10-23H2,1-5H3/t25-,27+,28+,29-,30+,31+,32+,33-/m1/s1. The van der Waals surface area contributed by atoms with Crippen LogP contribution >= 0.6 is 0 Å². The minimum Gasteiger partial charge on any atom is -0.394 e. The average Bonchev–Trinajstić information content (AvgIpc) is 3.22. The van der Waals surface area contributed by atoms with Crippen LogP contribution in [-0.2, 0) is 14.2 Å². The van der Waals surface area contributed by atoms with Crippen LogP contribution in [-0.4, -0.2) is 50.9 Å². The Hall–Kier alpha value is -0.420. The third-order valence-corrected chi connectivity index (χ3v) is 11.4. The first-order valence-corrected chi connectivity index (χ1v) is 15.9. The van der Waals surface area contributed by atoms with Crippen molar-refractivity contribution in [1.29, 1.82) is 0 Å². The number of allylic oxidation sites excluding steroid dienone is 1. The number of ether oxygens (including phenoxy) is 3. The Morgan fingerprint density at radius 2 is 1.65 bits per heavy atom. The molecule has 8 atom stereocenters. The monoisotopic (exact) mass is 518 g/mol. The summed E-state index contributed by atoms with van der Waals surface area (Å²) in [6, 6.07) is 0. The Bertz CT molecular complexity index is 734. The fourth-order valence-electron chi connectivity index (χ4n) is 9.45. The molecule has 4 heteroatoms. The van der Waals surface area contributed by atoms with E-state index >= 15 is 0 Å². The van der Waals surface area contributed by atoms with Crippen molar-refractivity contribution in [3.8, 4) is 0 Å². The van der Waals surface area contributed by atoms with Crippen molar-refractivity contribution in [1.82, 2.24) is 0 Å². The molecule has 4 aliphatic carbocycles. The molecule has 0 bridgehead atoms. The van der Waals surface area contributed by atoms with Crippen molar-refractivity contribution in [2.75, 3.05) is 39.6 Å². The van der Waals surface area contributed by atoms with Crippen LogP contribution in [0.5, 0.6) is 0 Å². The van der Waals surface area contributed by atoms with Crippen molar-refractivity contribution in [3.63, 3.8) is 0 Å². The number of rotatable bonds is 14. The summed E-state index contributed by atoms with van der Waals surface area (Å²) in [5.74, 6) is 5.39. The average molecular weight is 519 g/mol. The lowest BCUT2D eigenvalue weighted by atomic mass is 9.47. The normalized spacial score (nSPS) is 38.1. The lowest BCUT2D eigenvalue weighted by Crippen LogP contribution is -2.51. The molecule has 3 saturated carbocycles. The molecule has 0 aromatic rings. The highest BCUT2D eigenvalue weighted by Gasteiger charge is 2.59. The van der Waals surface area contributed by atoms with Crippen LogP contribution in [0.2, 0.25) is 0 Å². The molecule has 0 spiro atoms. The maximum absolute atomic E-state index is 8.75. The van der Waals surface area contributed by atoms with Gasteiger partial charge in [0.2, 0.25) is 0 Å². The van der Waals surface area contributed by atoms with Gasteiger partial charge in [-0.3, -0.25) is 0 Å². The summed E-state index contributed by atoms with van der Waals surface area (Å²) in [6.45, 7) is 15.5. The van der Waals surface area contributed by atoms with Crippen molar-refractivity contribution in [2.24, 2.45) is 46.3 Å². The van der Waals surface area contributed by atoms with E-state index in [4.69, 9.17) is 19.3 Å². The van der Waals surface area contributed by atoms with Crippen molar-refractivity contribution < 1.29 is 19.3 Å². The molecule has 0 heterocycles. The van der Waals surface area contributed by atoms with Crippen LogP contribution in [0.4, 0.5) is 0 Å². The van der Waals surface area contributed by atoms with Gasteiger partial charge in [0.1, 0.15) is 0 Å². The first-order chi connectivity index (χ1) is 17.8. The maximum Gasteiger partial charge on any atom is 0.0704 e. The summed E-state index contributed by atoms with van der Waals surface area (Å²) < 4.78 is 17.1. The Kier molecular flexibility index (Phi) is 10.6. The van der Waals surface area contributed by atoms with E-state index in [0.29, 0.717) is 50.0 Å². The minimum atomic E-state index is 0.0689. The van der Waals surface area contributed by atoms with Crippen LogP contribution in [0.25, 0.3) is 0 Å². The first kappa shape index (κ1) is 29.6. The minimum absolute atomic E-state index is 0.0689. The van der Waals surface area contributed by atoms with Gasteiger partial charge >= 0.3 is 0 Å². The molecule has 214 valence electrons. The van der Waals surface area contributed by atoms with Gasteiger partial charge in [-0.25, -0.2) is 0 Å². The van der Waals surface area contributed by atoms with Gasteiger partial charge in [-0.15, -0.1) is 0 Å². The number of aliphatic hydroxyl groups excluding tert-OH is 1. The van der Waals surface area contributed by atoms with Gasteiger partial charge in [0, 0.05) is 0 Å². The quantitative estimate of drug-likeness (QED) is 0.192. The molecule has 1 N–H and O–H groups in total. The van der Waals surface area contributed by atoms with Gasteiger partial charge in [0.05, 0.1) is 45.7 Å². The molecule has 4 nitrogen and oxygen atoms in total. The second-order valence-corrected chi connectivity index (χ2v) is 14.0. The summed E-state index contributed by atoms with van der Waals surface area (Å²) >= 11 is 0. The number of fused-ring (bicyclic) bond motifs is 5. The highest BCUT2D eigenvalue weighted by Crippen LogP contribution is 2.67. The van der Waals surface area contributed by atoms with Gasteiger partial charge in [0.15, 0.2) is 0 Å². The summed E-state index contributed by atoms with van der Waals surface area (Å²) in [6.07, 6.45) is 18.0. The van der Waals surface area contributed by atoms with Crippen molar-refractivity contribution in [3.05, 3.63) is 11.6 Å². The summed E-state index contributed by atoms with van der Waals surface area (Å²) in [5, 5.41) is 8.75. The molecular weight excluding hydrogens is 460 g/mol. The molecule has 0 aromatic heterocycles. The zero-order chi connectivity index (χ0) is 26.5. The van der Waals surface area contributed by atoms with E-state index < -0.39 is 0 Å². The van der Waals surface area contributed by atoms with Gasteiger partial charge < -0.3 is 19.3 Å². The number of aliphatic hydroxyl groups is 1. The first-order valence-electron chi connectivity index (χ1n) is 15.9. The van der Waals surface area contributed by atoms with E-state index in [1.807, 2.05) is 0 Å². The number of hydrogen-bond donors (Lipinski definition) is 1. The molecule has 0 aromatic carbocycles. The summed E-state index contributed by atoms with van der Waals surface area (Å²) in [4.78, 5) is 0. The van der Waals surface area contributed by atoms with Gasteiger partial charge in [0.25, 0.3) is 0 Å². The smallest absolute Gasteiger partial charge is 0.0704 e. The Labute approximate surface area is 228 Å². The molecule has 3 fully saturated rings. The van der Waals surface area contributed by atoms with E-state index in [9.17, 15) is 0 Å². The fourth-order valence-corrected chi connectivity index (χ4v) is 9.45. The molecule has 0 amide bonds. The van der Waals surface area contributed by atoms with Crippen LogP contribution in [0, 0.1) is 46.3 Å². The molecular formula is C33H58O4. The van der Waals surface area contributed by atoms with Crippen molar-refractivity contribution >= 4 is 0 Å². The Morgan fingerprint density at radius 3 is 2.41 bits per heavy atom. The second kappa shape index (κ2) is 13.3. The molecule has 4 aliphatic rings.